The van der Waals surface area contributed by atoms with Gasteiger partial charge in [-0.25, -0.2) is 0 Å². The number of carbonyl (C=O) groups is 2. The van der Waals surface area contributed by atoms with E-state index in [1.807, 2.05) is 63.2 Å². The SMILES string of the molecule is CCC(C(=O)NC1CCCCC1)N(Cc1cccc(OC)c1)C(=O)COc1cccc(C)c1C. The third-order valence-corrected chi connectivity index (χ3v) is 6.73. The first-order valence-corrected chi connectivity index (χ1v) is 12.3. The molecule has 1 aliphatic rings. The monoisotopic (exact) mass is 466 g/mol. The second-order valence-corrected chi connectivity index (χ2v) is 9.13. The Morgan fingerprint density at radius 3 is 2.53 bits per heavy atom. The molecular weight excluding hydrogens is 428 g/mol. The van der Waals surface area contributed by atoms with E-state index >= 15 is 0 Å². The molecule has 0 aromatic heterocycles. The van der Waals surface area contributed by atoms with Crippen molar-refractivity contribution in [3.05, 3.63) is 59.2 Å². The highest BCUT2D eigenvalue weighted by molar-refractivity contribution is 5.88. The van der Waals surface area contributed by atoms with Gasteiger partial charge in [0.1, 0.15) is 17.5 Å². The van der Waals surface area contributed by atoms with Crippen LogP contribution in [0.1, 0.15) is 62.1 Å². The van der Waals surface area contributed by atoms with Gasteiger partial charge in [-0.1, -0.05) is 50.5 Å². The first-order valence-electron chi connectivity index (χ1n) is 12.3. The van der Waals surface area contributed by atoms with Gasteiger partial charge in [-0.2, -0.15) is 0 Å². The highest BCUT2D eigenvalue weighted by atomic mass is 16.5. The zero-order valence-corrected chi connectivity index (χ0v) is 20.9. The minimum absolute atomic E-state index is 0.0858. The fraction of sp³-hybridized carbons (Fsp3) is 0.500. The second kappa shape index (κ2) is 12.4. The molecule has 6 heteroatoms. The van der Waals surface area contributed by atoms with E-state index in [0.29, 0.717) is 18.7 Å². The number of nitrogens with one attached hydrogen (secondary N) is 1. The van der Waals surface area contributed by atoms with Crippen molar-refractivity contribution < 1.29 is 19.1 Å². The van der Waals surface area contributed by atoms with Gasteiger partial charge in [-0.3, -0.25) is 9.59 Å². The third-order valence-electron chi connectivity index (χ3n) is 6.73. The maximum Gasteiger partial charge on any atom is 0.261 e. The summed E-state index contributed by atoms with van der Waals surface area (Å²) < 4.78 is 11.3. The van der Waals surface area contributed by atoms with Crippen molar-refractivity contribution in [1.82, 2.24) is 10.2 Å². The molecule has 1 atom stereocenters. The number of methoxy groups -OCH3 is 1. The summed E-state index contributed by atoms with van der Waals surface area (Å²) in [5.74, 6) is 1.11. The fourth-order valence-electron chi connectivity index (χ4n) is 4.53. The van der Waals surface area contributed by atoms with E-state index in [4.69, 9.17) is 9.47 Å². The quantitative estimate of drug-likeness (QED) is 0.538. The number of rotatable bonds is 10. The highest BCUT2D eigenvalue weighted by Gasteiger charge is 2.30. The van der Waals surface area contributed by atoms with Crippen LogP contribution in [0.4, 0.5) is 0 Å². The van der Waals surface area contributed by atoms with Gasteiger partial charge in [0.2, 0.25) is 5.91 Å². The lowest BCUT2D eigenvalue weighted by molar-refractivity contribution is -0.143. The van der Waals surface area contributed by atoms with Crippen LogP contribution in [0.2, 0.25) is 0 Å². The van der Waals surface area contributed by atoms with Gasteiger partial charge >= 0.3 is 0 Å². The summed E-state index contributed by atoms with van der Waals surface area (Å²) in [5, 5.41) is 3.21. The predicted molar refractivity (Wildman–Crippen MR) is 134 cm³/mol. The Kier molecular flexibility index (Phi) is 9.37. The van der Waals surface area contributed by atoms with Crippen LogP contribution in [0, 0.1) is 13.8 Å². The van der Waals surface area contributed by atoms with Gasteiger partial charge in [0.05, 0.1) is 7.11 Å². The van der Waals surface area contributed by atoms with E-state index in [9.17, 15) is 9.59 Å². The Morgan fingerprint density at radius 2 is 1.82 bits per heavy atom. The molecule has 34 heavy (non-hydrogen) atoms. The smallest absolute Gasteiger partial charge is 0.261 e. The fourth-order valence-corrected chi connectivity index (χ4v) is 4.53. The van der Waals surface area contributed by atoms with Crippen molar-refractivity contribution in [2.75, 3.05) is 13.7 Å². The lowest BCUT2D eigenvalue weighted by Gasteiger charge is -2.32. The molecule has 2 amide bonds. The number of ether oxygens (including phenoxy) is 2. The normalized spacial score (nSPS) is 14.8. The highest BCUT2D eigenvalue weighted by Crippen LogP contribution is 2.22. The lowest BCUT2D eigenvalue weighted by atomic mass is 9.95. The van der Waals surface area contributed by atoms with E-state index in [0.717, 1.165) is 48.1 Å². The number of hydrogen-bond acceptors (Lipinski definition) is 4. The topological polar surface area (TPSA) is 67.9 Å². The summed E-state index contributed by atoms with van der Waals surface area (Å²) in [6.45, 7) is 6.13. The van der Waals surface area contributed by atoms with Crippen molar-refractivity contribution in [3.63, 3.8) is 0 Å². The molecule has 184 valence electrons. The van der Waals surface area contributed by atoms with Gasteiger partial charge in [-0.05, 0) is 68.0 Å². The number of aryl methyl sites for hydroxylation is 1. The van der Waals surface area contributed by atoms with E-state index in [-0.39, 0.29) is 24.5 Å². The van der Waals surface area contributed by atoms with Crippen molar-refractivity contribution in [2.45, 2.75) is 77.9 Å². The Labute approximate surface area is 203 Å². The standard InChI is InChI=1S/C28H38N2O4/c1-5-25(28(32)29-23-13-7-6-8-14-23)30(18-22-12-10-15-24(17-22)33-4)27(31)19-34-26-16-9-11-20(2)21(26)3/h9-12,15-17,23,25H,5-8,13-14,18-19H2,1-4H3,(H,29,32). The first-order chi connectivity index (χ1) is 16.4. The number of carbonyl (C=O) groups excluding carboxylic acids is 2. The van der Waals surface area contributed by atoms with Crippen LogP contribution >= 0.6 is 0 Å². The molecule has 2 aromatic carbocycles. The second-order valence-electron chi connectivity index (χ2n) is 9.13. The largest absolute Gasteiger partial charge is 0.497 e. The Bertz CT molecular complexity index is 969. The van der Waals surface area contributed by atoms with E-state index < -0.39 is 6.04 Å². The number of hydrogen-bond donors (Lipinski definition) is 1. The lowest BCUT2D eigenvalue weighted by Crippen LogP contribution is -2.52. The molecule has 1 N–H and O–H groups in total. The van der Waals surface area contributed by atoms with Crippen LogP contribution in [-0.4, -0.2) is 42.5 Å². The van der Waals surface area contributed by atoms with Gasteiger partial charge in [0.15, 0.2) is 6.61 Å². The van der Waals surface area contributed by atoms with Gasteiger partial charge in [0.25, 0.3) is 5.91 Å². The summed E-state index contributed by atoms with van der Waals surface area (Å²) in [6.07, 6.45) is 6.02. The first kappa shape index (κ1) is 25.6. The molecule has 0 radical (unpaired) electrons. The Balaban J connectivity index is 1.79. The third kappa shape index (κ3) is 6.75. The number of nitrogens with zero attached hydrogens (tertiary/aromatic N) is 1. The Hall–Kier alpha value is -3.02. The zero-order chi connectivity index (χ0) is 24.5. The molecule has 1 saturated carbocycles. The minimum Gasteiger partial charge on any atom is -0.497 e. The molecule has 0 heterocycles. The summed E-state index contributed by atoms with van der Waals surface area (Å²) in [5.41, 5.74) is 3.02. The van der Waals surface area contributed by atoms with Crippen molar-refractivity contribution >= 4 is 11.8 Å². The zero-order valence-electron chi connectivity index (χ0n) is 20.9. The maximum atomic E-state index is 13.5. The summed E-state index contributed by atoms with van der Waals surface area (Å²) in [6, 6.07) is 13.0. The summed E-state index contributed by atoms with van der Waals surface area (Å²) in [4.78, 5) is 28.4. The summed E-state index contributed by atoms with van der Waals surface area (Å²) in [7, 11) is 1.62. The molecule has 0 spiro atoms. The molecule has 0 bridgehead atoms. The average Bonchev–Trinajstić information content (AvgIpc) is 2.85. The molecule has 3 rings (SSSR count). The average molecular weight is 467 g/mol. The molecule has 1 unspecified atom stereocenters. The molecule has 0 aliphatic heterocycles. The number of amides is 2. The molecule has 1 aliphatic carbocycles. The summed E-state index contributed by atoms with van der Waals surface area (Å²) >= 11 is 0. The van der Waals surface area contributed by atoms with Crippen LogP contribution in [-0.2, 0) is 16.1 Å². The molecule has 1 fully saturated rings. The number of benzene rings is 2. The maximum absolute atomic E-state index is 13.5. The van der Waals surface area contributed by atoms with Crippen LogP contribution < -0.4 is 14.8 Å². The molecule has 0 saturated heterocycles. The van der Waals surface area contributed by atoms with Crippen molar-refractivity contribution in [2.24, 2.45) is 0 Å². The van der Waals surface area contributed by atoms with E-state index in [1.165, 1.54) is 6.42 Å². The van der Waals surface area contributed by atoms with Crippen molar-refractivity contribution in [1.29, 1.82) is 0 Å². The van der Waals surface area contributed by atoms with Gasteiger partial charge < -0.3 is 19.7 Å². The predicted octanol–water partition coefficient (Wildman–Crippen LogP) is 4.95. The van der Waals surface area contributed by atoms with Crippen LogP contribution in [0.3, 0.4) is 0 Å². The molecule has 2 aromatic rings. The van der Waals surface area contributed by atoms with E-state index in [2.05, 4.69) is 5.32 Å². The Morgan fingerprint density at radius 1 is 1.09 bits per heavy atom. The van der Waals surface area contributed by atoms with Crippen LogP contribution in [0.5, 0.6) is 11.5 Å². The van der Waals surface area contributed by atoms with Gasteiger partial charge in [0, 0.05) is 12.6 Å². The van der Waals surface area contributed by atoms with Crippen LogP contribution in [0.25, 0.3) is 0 Å². The van der Waals surface area contributed by atoms with Gasteiger partial charge in [-0.15, -0.1) is 0 Å². The minimum atomic E-state index is -0.567. The van der Waals surface area contributed by atoms with Crippen LogP contribution in [0.15, 0.2) is 42.5 Å². The molecule has 6 nitrogen and oxygen atoms in total. The van der Waals surface area contributed by atoms with Crippen molar-refractivity contribution in [3.8, 4) is 11.5 Å². The molecular formula is C28H38N2O4. The van der Waals surface area contributed by atoms with E-state index in [1.54, 1.807) is 12.0 Å².